The highest BCUT2D eigenvalue weighted by atomic mass is 16.5. The van der Waals surface area contributed by atoms with Crippen molar-refractivity contribution in [1.29, 1.82) is 0 Å². The standard InChI is InChI=1S/C28H36N4O4/c1-18-12-24(13-19(2)21(18)4)36-27-16-32(15-26(27)33)14-22-6-8-23(9-7-22)35-17-20(3)29-28(34)25-10-11-31(5)30-25/h6-13,20,26-27,33H,14-17H2,1-5H3,(H,29,34)/t20-,26-,27-/m0/s1. The Morgan fingerprint density at radius 2 is 1.81 bits per heavy atom. The highest BCUT2D eigenvalue weighted by molar-refractivity contribution is 5.92. The molecule has 1 aliphatic rings. The number of nitrogens with one attached hydrogen (secondary N) is 1. The lowest BCUT2D eigenvalue weighted by atomic mass is 10.0. The number of aromatic nitrogens is 2. The van der Waals surface area contributed by atoms with E-state index in [4.69, 9.17) is 9.47 Å². The zero-order chi connectivity index (χ0) is 25.8. The molecule has 192 valence electrons. The van der Waals surface area contributed by atoms with Gasteiger partial charge < -0.3 is 19.9 Å². The first-order chi connectivity index (χ1) is 17.2. The predicted octanol–water partition coefficient (Wildman–Crippen LogP) is 3.17. The van der Waals surface area contributed by atoms with E-state index in [1.807, 2.05) is 43.3 Å². The molecule has 3 aromatic rings. The smallest absolute Gasteiger partial charge is 0.272 e. The molecule has 0 aliphatic carbocycles. The molecule has 4 rings (SSSR count). The third-order valence-electron chi connectivity index (χ3n) is 6.65. The molecule has 1 aromatic heterocycles. The van der Waals surface area contributed by atoms with Crippen LogP contribution in [0.4, 0.5) is 0 Å². The summed E-state index contributed by atoms with van der Waals surface area (Å²) in [6.07, 6.45) is 0.952. The first kappa shape index (κ1) is 25.7. The molecule has 3 atom stereocenters. The fraction of sp³-hybridized carbons (Fsp3) is 0.429. The number of aliphatic hydroxyl groups is 1. The number of benzene rings is 2. The number of ether oxygens (including phenoxy) is 2. The van der Waals surface area contributed by atoms with Gasteiger partial charge in [0.1, 0.15) is 36.0 Å². The second-order valence-electron chi connectivity index (χ2n) is 9.80. The topological polar surface area (TPSA) is 88.9 Å². The van der Waals surface area contributed by atoms with E-state index in [2.05, 4.69) is 36.1 Å². The lowest BCUT2D eigenvalue weighted by Gasteiger charge is -2.19. The van der Waals surface area contributed by atoms with Crippen molar-refractivity contribution in [2.24, 2.45) is 7.05 Å². The van der Waals surface area contributed by atoms with Gasteiger partial charge in [-0.1, -0.05) is 12.1 Å². The summed E-state index contributed by atoms with van der Waals surface area (Å²) >= 11 is 0. The van der Waals surface area contributed by atoms with Gasteiger partial charge in [-0.15, -0.1) is 0 Å². The van der Waals surface area contributed by atoms with Crippen LogP contribution in [0.2, 0.25) is 0 Å². The molecule has 2 N–H and O–H groups in total. The van der Waals surface area contributed by atoms with Crippen LogP contribution in [0.25, 0.3) is 0 Å². The van der Waals surface area contributed by atoms with Gasteiger partial charge in [-0.2, -0.15) is 5.10 Å². The van der Waals surface area contributed by atoms with Crippen molar-refractivity contribution in [3.63, 3.8) is 0 Å². The zero-order valence-electron chi connectivity index (χ0n) is 21.7. The maximum Gasteiger partial charge on any atom is 0.272 e. The quantitative estimate of drug-likeness (QED) is 0.477. The number of rotatable bonds is 9. The van der Waals surface area contributed by atoms with Gasteiger partial charge in [0.05, 0.1) is 6.04 Å². The highest BCUT2D eigenvalue weighted by Gasteiger charge is 2.33. The molecule has 1 aliphatic heterocycles. The van der Waals surface area contributed by atoms with Crippen molar-refractivity contribution in [2.45, 2.75) is 52.5 Å². The van der Waals surface area contributed by atoms with E-state index >= 15 is 0 Å². The SMILES string of the molecule is Cc1cc(O[C@H]2CN(Cc3ccc(OC[C@H](C)NC(=O)c4ccn(C)n4)cc3)C[C@@H]2O)cc(C)c1C. The summed E-state index contributed by atoms with van der Waals surface area (Å²) in [7, 11) is 1.78. The number of aliphatic hydroxyl groups excluding tert-OH is 1. The van der Waals surface area contributed by atoms with Crippen LogP contribution < -0.4 is 14.8 Å². The van der Waals surface area contributed by atoms with Gasteiger partial charge in [0.25, 0.3) is 5.91 Å². The van der Waals surface area contributed by atoms with Crippen molar-refractivity contribution in [2.75, 3.05) is 19.7 Å². The van der Waals surface area contributed by atoms with Crippen LogP contribution >= 0.6 is 0 Å². The first-order valence-electron chi connectivity index (χ1n) is 12.3. The Morgan fingerprint density at radius 1 is 1.11 bits per heavy atom. The van der Waals surface area contributed by atoms with Gasteiger partial charge in [0, 0.05) is 32.9 Å². The van der Waals surface area contributed by atoms with E-state index in [0.29, 0.717) is 25.4 Å². The number of carbonyl (C=O) groups excluding carboxylic acids is 1. The van der Waals surface area contributed by atoms with Crippen LogP contribution in [-0.2, 0) is 13.6 Å². The molecule has 0 spiro atoms. The van der Waals surface area contributed by atoms with Crippen molar-refractivity contribution in [3.05, 3.63) is 76.6 Å². The number of hydrogen-bond acceptors (Lipinski definition) is 6. The average Bonchev–Trinajstić information content (AvgIpc) is 3.42. The number of aryl methyl sites for hydroxylation is 3. The minimum Gasteiger partial charge on any atom is -0.491 e. The Bertz CT molecular complexity index is 1170. The summed E-state index contributed by atoms with van der Waals surface area (Å²) in [4.78, 5) is 14.4. The number of carbonyl (C=O) groups is 1. The van der Waals surface area contributed by atoms with E-state index in [9.17, 15) is 9.90 Å². The predicted molar refractivity (Wildman–Crippen MR) is 138 cm³/mol. The van der Waals surface area contributed by atoms with E-state index in [-0.39, 0.29) is 18.1 Å². The zero-order valence-corrected chi connectivity index (χ0v) is 21.7. The van der Waals surface area contributed by atoms with E-state index in [1.165, 1.54) is 16.7 Å². The second kappa shape index (κ2) is 11.1. The Balaban J connectivity index is 1.24. The maximum atomic E-state index is 12.2. The molecule has 2 heterocycles. The Labute approximate surface area is 212 Å². The van der Waals surface area contributed by atoms with Crippen LogP contribution in [0.1, 0.15) is 39.7 Å². The first-order valence-corrected chi connectivity index (χ1v) is 12.3. The van der Waals surface area contributed by atoms with E-state index in [0.717, 1.165) is 23.6 Å². The van der Waals surface area contributed by atoms with Gasteiger partial charge in [0.2, 0.25) is 0 Å². The van der Waals surface area contributed by atoms with Gasteiger partial charge in [0.15, 0.2) is 0 Å². The van der Waals surface area contributed by atoms with Crippen LogP contribution in [0, 0.1) is 20.8 Å². The molecular weight excluding hydrogens is 456 g/mol. The molecule has 0 radical (unpaired) electrons. The minimum atomic E-state index is -0.530. The lowest BCUT2D eigenvalue weighted by Crippen LogP contribution is -2.37. The second-order valence-corrected chi connectivity index (χ2v) is 9.80. The summed E-state index contributed by atoms with van der Waals surface area (Å²) in [6, 6.07) is 13.5. The number of nitrogens with zero attached hydrogens (tertiary/aromatic N) is 3. The summed E-state index contributed by atoms with van der Waals surface area (Å²) < 4.78 is 13.6. The number of β-amino-alcohol motifs (C(OH)–C–C–N with tert-alkyl or cyclic N) is 1. The largest absolute Gasteiger partial charge is 0.491 e. The molecule has 0 unspecified atom stereocenters. The monoisotopic (exact) mass is 492 g/mol. The number of likely N-dealkylation sites (tertiary alicyclic amines) is 1. The van der Waals surface area contributed by atoms with E-state index < -0.39 is 6.10 Å². The lowest BCUT2D eigenvalue weighted by molar-refractivity contribution is 0.0736. The number of amides is 1. The summed E-state index contributed by atoms with van der Waals surface area (Å²) in [5.74, 6) is 1.34. The number of hydrogen-bond donors (Lipinski definition) is 2. The normalized spacial score (nSPS) is 18.7. The minimum absolute atomic E-state index is 0.164. The van der Waals surface area contributed by atoms with Gasteiger partial charge in [-0.3, -0.25) is 14.4 Å². The van der Waals surface area contributed by atoms with Crippen LogP contribution in [0.15, 0.2) is 48.7 Å². The molecular formula is C28H36N4O4. The van der Waals surface area contributed by atoms with E-state index in [1.54, 1.807) is 24.0 Å². The molecule has 36 heavy (non-hydrogen) atoms. The maximum absolute atomic E-state index is 12.2. The van der Waals surface area contributed by atoms with Crippen molar-refractivity contribution < 1.29 is 19.4 Å². The van der Waals surface area contributed by atoms with Gasteiger partial charge in [-0.05, 0) is 80.3 Å². The average molecular weight is 493 g/mol. The third kappa shape index (κ3) is 6.44. The molecule has 2 aromatic carbocycles. The Kier molecular flexibility index (Phi) is 7.96. The summed E-state index contributed by atoms with van der Waals surface area (Å²) in [5.41, 5.74) is 5.18. The van der Waals surface area contributed by atoms with Crippen molar-refractivity contribution in [3.8, 4) is 11.5 Å². The van der Waals surface area contributed by atoms with Crippen molar-refractivity contribution in [1.82, 2.24) is 20.0 Å². The molecule has 1 fully saturated rings. The fourth-order valence-corrected chi connectivity index (χ4v) is 4.36. The van der Waals surface area contributed by atoms with Gasteiger partial charge >= 0.3 is 0 Å². The van der Waals surface area contributed by atoms with Crippen LogP contribution in [0.3, 0.4) is 0 Å². The molecule has 1 amide bonds. The Morgan fingerprint density at radius 3 is 2.44 bits per heavy atom. The third-order valence-corrected chi connectivity index (χ3v) is 6.65. The molecule has 0 bridgehead atoms. The molecule has 8 heteroatoms. The van der Waals surface area contributed by atoms with Gasteiger partial charge in [-0.25, -0.2) is 0 Å². The molecule has 0 saturated carbocycles. The molecule has 1 saturated heterocycles. The Hall–Kier alpha value is -3.36. The fourth-order valence-electron chi connectivity index (χ4n) is 4.36. The summed E-state index contributed by atoms with van der Waals surface area (Å²) in [5, 5.41) is 17.6. The van der Waals surface area contributed by atoms with Crippen molar-refractivity contribution >= 4 is 5.91 Å². The van der Waals surface area contributed by atoms with Crippen LogP contribution in [-0.4, -0.2) is 63.6 Å². The molecule has 8 nitrogen and oxygen atoms in total. The summed E-state index contributed by atoms with van der Waals surface area (Å²) in [6.45, 7) is 10.5. The highest BCUT2D eigenvalue weighted by Crippen LogP contribution is 2.25. The van der Waals surface area contributed by atoms with Crippen LogP contribution in [0.5, 0.6) is 11.5 Å².